The summed E-state index contributed by atoms with van der Waals surface area (Å²) in [5.74, 6) is -1.28. The van der Waals surface area contributed by atoms with Crippen molar-refractivity contribution >= 4 is 55.2 Å². The third-order valence-electron chi connectivity index (χ3n) is 8.08. The molecule has 1 unspecified atom stereocenters. The van der Waals surface area contributed by atoms with E-state index < -0.39 is 28.7 Å². The Kier molecular flexibility index (Phi) is 9.19. The number of benzene rings is 2. The zero-order valence-corrected chi connectivity index (χ0v) is 25.9. The molecule has 3 heterocycles. The molecule has 1 aromatic heterocycles. The molecule has 1 amide bonds. The fraction of sp³-hybridized carbons (Fsp3) is 0.452. The molecule has 5 rings (SSSR count). The average Bonchev–Trinajstić information content (AvgIpc) is 3.37. The summed E-state index contributed by atoms with van der Waals surface area (Å²) in [7, 11) is -4.27. The number of carboxylic acid groups (broad SMARTS) is 1. The molecule has 0 spiro atoms. The maximum atomic E-state index is 14.1. The number of carbonyl (C=O) groups excluding carboxylic acids is 1. The van der Waals surface area contributed by atoms with Gasteiger partial charge in [-0.25, -0.2) is 18.2 Å². The monoisotopic (exact) mass is 628 g/mol. The Bertz CT molecular complexity index is 1610. The molecule has 2 aliphatic rings. The van der Waals surface area contributed by atoms with E-state index in [2.05, 4.69) is 28.9 Å². The maximum absolute atomic E-state index is 14.1. The molecule has 0 aliphatic carbocycles. The van der Waals surface area contributed by atoms with Gasteiger partial charge >= 0.3 is 5.97 Å². The van der Waals surface area contributed by atoms with Crippen LogP contribution in [0.15, 0.2) is 47.4 Å². The summed E-state index contributed by atoms with van der Waals surface area (Å²) in [5.41, 5.74) is 2.29. The molecule has 1 atom stereocenters. The molecule has 0 radical (unpaired) electrons. The standard InChI is InChI=1S/C31H37FN4O5S2/c1-31(2)18-22-15-21(7-8-28(37)38)16-26(29(22)33-19-31)43(40,41)35-24(17-27-34-23-5-3-4-6-25(23)42-27)30(39)36-13-10-20(9-12-32)11-14-36/h3-8,15-16,20,24,33,35H,9-14,17-19H2,1-2H3,(H,37,38)/b8-7+. The second-order valence-electron chi connectivity index (χ2n) is 12.1. The van der Waals surface area contributed by atoms with E-state index in [1.54, 1.807) is 11.0 Å². The van der Waals surface area contributed by atoms with Crippen LogP contribution in [-0.4, -0.2) is 67.6 Å². The first-order valence-corrected chi connectivity index (χ1v) is 16.8. The van der Waals surface area contributed by atoms with Crippen molar-refractivity contribution in [3.8, 4) is 0 Å². The molecule has 2 aromatic carbocycles. The molecule has 0 bridgehead atoms. The Balaban J connectivity index is 1.49. The number of para-hydroxylation sites is 1. The van der Waals surface area contributed by atoms with Crippen LogP contribution in [0, 0.1) is 11.3 Å². The highest BCUT2D eigenvalue weighted by Gasteiger charge is 2.35. The first-order chi connectivity index (χ1) is 20.4. The van der Waals surface area contributed by atoms with Crippen LogP contribution >= 0.6 is 11.3 Å². The summed E-state index contributed by atoms with van der Waals surface area (Å²) in [6.07, 6.45) is 4.80. The zero-order chi connectivity index (χ0) is 30.8. The third-order valence-corrected chi connectivity index (χ3v) is 10.6. The normalized spacial score (nSPS) is 18.0. The van der Waals surface area contributed by atoms with Gasteiger partial charge in [0.15, 0.2) is 0 Å². The SMILES string of the molecule is CC1(C)CNc2c(cc(/C=C/C(=O)O)cc2S(=O)(=O)NC(Cc2nc3ccccc3s2)C(=O)N2CCC(CCF)CC2)C1. The van der Waals surface area contributed by atoms with Gasteiger partial charge in [-0.3, -0.25) is 9.18 Å². The van der Waals surface area contributed by atoms with E-state index in [4.69, 9.17) is 0 Å². The number of likely N-dealkylation sites (tertiary alicyclic amines) is 1. The highest BCUT2D eigenvalue weighted by Crippen LogP contribution is 2.38. The van der Waals surface area contributed by atoms with Gasteiger partial charge in [-0.05, 0) is 78.5 Å². The summed E-state index contributed by atoms with van der Waals surface area (Å²) < 4.78 is 44.8. The van der Waals surface area contributed by atoms with E-state index in [1.165, 1.54) is 23.5 Å². The molecule has 0 saturated carbocycles. The number of nitrogens with one attached hydrogen (secondary N) is 2. The number of aliphatic carboxylic acids is 1. The van der Waals surface area contributed by atoms with E-state index in [0.717, 1.165) is 21.9 Å². The van der Waals surface area contributed by atoms with E-state index in [0.29, 0.717) is 61.6 Å². The van der Waals surface area contributed by atoms with Gasteiger partial charge in [-0.15, -0.1) is 11.3 Å². The number of hydrogen-bond donors (Lipinski definition) is 3. The van der Waals surface area contributed by atoms with Gasteiger partial charge in [0.25, 0.3) is 0 Å². The van der Waals surface area contributed by atoms with Crippen molar-refractivity contribution in [2.45, 2.75) is 56.9 Å². The van der Waals surface area contributed by atoms with Crippen LogP contribution in [0.1, 0.15) is 49.2 Å². The van der Waals surface area contributed by atoms with E-state index in [1.807, 2.05) is 24.3 Å². The fourth-order valence-electron chi connectivity index (χ4n) is 5.85. The number of nitrogens with zero attached hydrogens (tertiary/aromatic N) is 2. The number of sulfonamides is 1. The first-order valence-electron chi connectivity index (χ1n) is 14.5. The lowest BCUT2D eigenvalue weighted by Gasteiger charge is -2.35. The Morgan fingerprint density at radius 3 is 2.70 bits per heavy atom. The number of anilines is 1. The van der Waals surface area contributed by atoms with Crippen molar-refractivity contribution in [2.24, 2.45) is 11.3 Å². The number of hydrogen-bond acceptors (Lipinski definition) is 7. The largest absolute Gasteiger partial charge is 0.478 e. The molecule has 2 aliphatic heterocycles. The predicted octanol–water partition coefficient (Wildman–Crippen LogP) is 4.88. The van der Waals surface area contributed by atoms with Crippen LogP contribution in [0.3, 0.4) is 0 Å². The minimum absolute atomic E-state index is 0.0331. The number of rotatable bonds is 10. The van der Waals surface area contributed by atoms with Crippen LogP contribution in [0.5, 0.6) is 0 Å². The lowest BCUT2D eigenvalue weighted by atomic mass is 9.82. The van der Waals surface area contributed by atoms with Gasteiger partial charge in [0.1, 0.15) is 10.9 Å². The molecule has 1 fully saturated rings. The number of aromatic nitrogens is 1. The van der Waals surface area contributed by atoms with Crippen LogP contribution < -0.4 is 10.0 Å². The summed E-state index contributed by atoms with van der Waals surface area (Å²) in [5, 5.41) is 13.1. The molecule has 1 saturated heterocycles. The number of fused-ring (bicyclic) bond motifs is 2. The van der Waals surface area contributed by atoms with Crippen molar-refractivity contribution in [1.82, 2.24) is 14.6 Å². The fourth-order valence-corrected chi connectivity index (χ4v) is 8.31. The zero-order valence-electron chi connectivity index (χ0n) is 24.3. The molecular formula is C31H37FN4O5S2. The number of piperidine rings is 1. The van der Waals surface area contributed by atoms with Gasteiger partial charge < -0.3 is 15.3 Å². The third kappa shape index (κ3) is 7.42. The first kappa shape index (κ1) is 31.1. The number of alkyl halides is 1. The topological polar surface area (TPSA) is 129 Å². The van der Waals surface area contributed by atoms with Crippen LogP contribution in [0.25, 0.3) is 16.3 Å². The molecule has 3 aromatic rings. The number of carboxylic acids is 1. The Labute approximate surface area is 255 Å². The number of thiazole rings is 1. The second-order valence-corrected chi connectivity index (χ2v) is 14.9. The highest BCUT2D eigenvalue weighted by molar-refractivity contribution is 7.89. The van der Waals surface area contributed by atoms with E-state index >= 15 is 0 Å². The molecular weight excluding hydrogens is 591 g/mol. The Morgan fingerprint density at radius 2 is 2.00 bits per heavy atom. The van der Waals surface area contributed by atoms with E-state index in [9.17, 15) is 27.5 Å². The van der Waals surface area contributed by atoms with Crippen molar-refractivity contribution in [3.05, 3.63) is 58.6 Å². The van der Waals surface area contributed by atoms with Gasteiger partial charge in [-0.1, -0.05) is 26.0 Å². The molecule has 43 heavy (non-hydrogen) atoms. The van der Waals surface area contributed by atoms with Crippen LogP contribution in [0.4, 0.5) is 10.1 Å². The number of amides is 1. The van der Waals surface area contributed by atoms with Crippen LogP contribution in [0.2, 0.25) is 0 Å². The van der Waals surface area contributed by atoms with Crippen molar-refractivity contribution in [1.29, 1.82) is 0 Å². The number of carbonyl (C=O) groups is 2. The van der Waals surface area contributed by atoms with Gasteiger partial charge in [-0.2, -0.15) is 4.72 Å². The summed E-state index contributed by atoms with van der Waals surface area (Å²) >= 11 is 1.42. The Morgan fingerprint density at radius 1 is 1.26 bits per heavy atom. The lowest BCUT2D eigenvalue weighted by Crippen LogP contribution is -2.51. The molecule has 12 heteroatoms. The Hall–Kier alpha value is -3.35. The summed E-state index contributed by atoms with van der Waals surface area (Å²) in [4.78, 5) is 31.4. The van der Waals surface area contributed by atoms with Gasteiger partial charge in [0.05, 0.1) is 27.6 Å². The predicted molar refractivity (Wildman–Crippen MR) is 166 cm³/mol. The average molecular weight is 629 g/mol. The minimum Gasteiger partial charge on any atom is -0.478 e. The van der Waals surface area contributed by atoms with E-state index in [-0.39, 0.29) is 28.6 Å². The quantitative estimate of drug-likeness (QED) is 0.273. The lowest BCUT2D eigenvalue weighted by molar-refractivity contribution is -0.134. The van der Waals surface area contributed by atoms with Crippen LogP contribution in [-0.2, 0) is 32.5 Å². The van der Waals surface area contributed by atoms with Gasteiger partial charge in [0.2, 0.25) is 15.9 Å². The highest BCUT2D eigenvalue weighted by atomic mass is 32.2. The maximum Gasteiger partial charge on any atom is 0.328 e. The smallest absolute Gasteiger partial charge is 0.328 e. The summed E-state index contributed by atoms with van der Waals surface area (Å²) in [6, 6.07) is 9.71. The molecule has 3 N–H and O–H groups in total. The second kappa shape index (κ2) is 12.7. The number of halogens is 1. The van der Waals surface area contributed by atoms with Crippen molar-refractivity contribution in [3.63, 3.8) is 0 Å². The van der Waals surface area contributed by atoms with Crippen molar-refractivity contribution in [2.75, 3.05) is 31.6 Å². The van der Waals surface area contributed by atoms with Gasteiger partial charge in [0, 0.05) is 32.1 Å². The summed E-state index contributed by atoms with van der Waals surface area (Å²) in [6.45, 7) is 5.16. The molecule has 230 valence electrons. The minimum atomic E-state index is -4.27. The molecule has 9 nitrogen and oxygen atoms in total. The van der Waals surface area contributed by atoms with Crippen molar-refractivity contribution < 1.29 is 27.5 Å².